The first-order valence-electron chi connectivity index (χ1n) is 8.81. The van der Waals surface area contributed by atoms with E-state index in [1.165, 1.54) is 19.3 Å². The molecule has 0 radical (unpaired) electrons. The minimum absolute atomic E-state index is 0.0558. The van der Waals surface area contributed by atoms with E-state index in [0.29, 0.717) is 27.9 Å². The fourth-order valence-corrected chi connectivity index (χ4v) is 7.26. The van der Waals surface area contributed by atoms with Crippen LogP contribution in [-0.2, 0) is 0 Å². The van der Waals surface area contributed by atoms with Crippen molar-refractivity contribution in [2.45, 2.75) is 57.9 Å². The molecule has 0 N–H and O–H groups in total. The van der Waals surface area contributed by atoms with E-state index in [9.17, 15) is 9.59 Å². The van der Waals surface area contributed by atoms with Gasteiger partial charge in [-0.3, -0.25) is 14.5 Å². The quantitative estimate of drug-likeness (QED) is 0.734. The first-order chi connectivity index (χ1) is 10.8. The van der Waals surface area contributed by atoms with Crippen molar-refractivity contribution in [2.24, 2.45) is 16.7 Å². The summed E-state index contributed by atoms with van der Waals surface area (Å²) in [6, 6.07) is 7.32. The zero-order valence-electron chi connectivity index (χ0n) is 13.9. The molecular weight excluding hydrogens is 286 g/mol. The van der Waals surface area contributed by atoms with E-state index in [-0.39, 0.29) is 17.4 Å². The standard InChI is InChI=1S/C20H23NO2/c1-18-7-13-8-19(2,10-18)12-20(9-13,11-18)21-16(22)14-5-3-4-6-15(14)17(21)23/h3-6,13H,7-12H2,1-2H3. The predicted molar refractivity (Wildman–Crippen MR) is 87.1 cm³/mol. The molecule has 3 heteroatoms. The molecule has 6 rings (SSSR count). The molecule has 3 nitrogen and oxygen atoms in total. The van der Waals surface area contributed by atoms with Crippen LogP contribution in [0.2, 0.25) is 0 Å². The van der Waals surface area contributed by atoms with Gasteiger partial charge in [0.25, 0.3) is 11.8 Å². The van der Waals surface area contributed by atoms with E-state index in [1.54, 1.807) is 17.0 Å². The second-order valence-electron chi connectivity index (χ2n) is 9.35. The van der Waals surface area contributed by atoms with E-state index in [0.717, 1.165) is 19.3 Å². The highest BCUT2D eigenvalue weighted by Gasteiger charge is 2.64. The van der Waals surface area contributed by atoms with Gasteiger partial charge in [0.05, 0.1) is 16.7 Å². The SMILES string of the molecule is CC12CC3CC(C)(C1)CC(N1C(=O)c4ccccc4C1=O)(C3)C2. The van der Waals surface area contributed by atoms with E-state index >= 15 is 0 Å². The van der Waals surface area contributed by atoms with Gasteiger partial charge in [0.1, 0.15) is 0 Å². The molecule has 4 aliphatic carbocycles. The number of rotatable bonds is 1. The van der Waals surface area contributed by atoms with Crippen LogP contribution in [0.5, 0.6) is 0 Å². The van der Waals surface area contributed by atoms with Crippen molar-refractivity contribution < 1.29 is 9.59 Å². The highest BCUT2D eigenvalue weighted by Crippen LogP contribution is 2.68. The maximum atomic E-state index is 13.0. The highest BCUT2D eigenvalue weighted by atomic mass is 16.2. The summed E-state index contributed by atoms with van der Waals surface area (Å²) in [5.74, 6) is 0.560. The van der Waals surface area contributed by atoms with Crippen LogP contribution in [0.25, 0.3) is 0 Å². The fourth-order valence-electron chi connectivity index (χ4n) is 7.26. The number of carbonyl (C=O) groups is 2. The lowest BCUT2D eigenvalue weighted by Gasteiger charge is -2.66. The third-order valence-corrected chi connectivity index (χ3v) is 6.87. The van der Waals surface area contributed by atoms with Gasteiger partial charge in [-0.05, 0) is 67.4 Å². The summed E-state index contributed by atoms with van der Waals surface area (Å²) in [5, 5.41) is 0. The Bertz CT molecular complexity index is 699. The number of carbonyl (C=O) groups excluding carboxylic acids is 2. The van der Waals surface area contributed by atoms with Crippen molar-refractivity contribution in [2.75, 3.05) is 0 Å². The van der Waals surface area contributed by atoms with Gasteiger partial charge in [-0.25, -0.2) is 0 Å². The van der Waals surface area contributed by atoms with Crippen molar-refractivity contribution >= 4 is 11.8 Å². The summed E-state index contributed by atoms with van der Waals surface area (Å²) >= 11 is 0. The lowest BCUT2D eigenvalue weighted by Crippen LogP contribution is -2.66. The maximum absolute atomic E-state index is 13.0. The molecule has 0 spiro atoms. The number of imide groups is 1. The zero-order chi connectivity index (χ0) is 16.0. The molecule has 5 aliphatic rings. The van der Waals surface area contributed by atoms with Gasteiger partial charge in [0, 0.05) is 0 Å². The molecule has 4 bridgehead atoms. The van der Waals surface area contributed by atoms with Gasteiger partial charge in [-0.2, -0.15) is 0 Å². The summed E-state index contributed by atoms with van der Waals surface area (Å²) in [7, 11) is 0. The number of hydrogen-bond donors (Lipinski definition) is 0. The molecule has 1 heterocycles. The van der Waals surface area contributed by atoms with Gasteiger partial charge in [0.2, 0.25) is 0 Å². The second-order valence-corrected chi connectivity index (χ2v) is 9.35. The van der Waals surface area contributed by atoms with Crippen LogP contribution in [0.4, 0.5) is 0 Å². The van der Waals surface area contributed by atoms with Gasteiger partial charge < -0.3 is 0 Å². The Hall–Kier alpha value is -1.64. The molecule has 1 aromatic rings. The lowest BCUT2D eigenvalue weighted by molar-refractivity contribution is -0.140. The molecule has 23 heavy (non-hydrogen) atoms. The summed E-state index contributed by atoms with van der Waals surface area (Å²) in [4.78, 5) is 27.8. The smallest absolute Gasteiger partial charge is 0.262 e. The van der Waals surface area contributed by atoms with Crippen LogP contribution in [0.15, 0.2) is 24.3 Å². The summed E-state index contributed by atoms with van der Waals surface area (Å²) in [5.41, 5.74) is 1.55. The molecule has 120 valence electrons. The molecule has 1 aliphatic heterocycles. The lowest BCUT2D eigenvalue weighted by atomic mass is 9.42. The van der Waals surface area contributed by atoms with Crippen LogP contribution in [0, 0.1) is 16.7 Å². The summed E-state index contributed by atoms with van der Waals surface area (Å²) < 4.78 is 0. The third-order valence-electron chi connectivity index (χ3n) is 6.87. The maximum Gasteiger partial charge on any atom is 0.262 e. The van der Waals surface area contributed by atoms with Crippen molar-refractivity contribution in [3.63, 3.8) is 0 Å². The molecule has 4 fully saturated rings. The topological polar surface area (TPSA) is 37.4 Å². The Morgan fingerprint density at radius 2 is 1.39 bits per heavy atom. The Labute approximate surface area is 137 Å². The largest absolute Gasteiger partial charge is 0.269 e. The van der Waals surface area contributed by atoms with Crippen molar-refractivity contribution in [3.05, 3.63) is 35.4 Å². The Kier molecular flexibility index (Phi) is 2.32. The third kappa shape index (κ3) is 1.66. The number of benzene rings is 1. The highest BCUT2D eigenvalue weighted by molar-refractivity contribution is 6.21. The van der Waals surface area contributed by atoms with Gasteiger partial charge in [-0.15, -0.1) is 0 Å². The first-order valence-corrected chi connectivity index (χ1v) is 8.81. The van der Waals surface area contributed by atoms with Crippen LogP contribution < -0.4 is 0 Å². The number of fused-ring (bicyclic) bond motifs is 1. The first kappa shape index (κ1) is 13.8. The van der Waals surface area contributed by atoms with Gasteiger partial charge in [0.15, 0.2) is 0 Å². The van der Waals surface area contributed by atoms with Crippen molar-refractivity contribution in [1.82, 2.24) is 4.90 Å². The second kappa shape index (κ2) is 3.88. The number of hydrogen-bond acceptors (Lipinski definition) is 2. The predicted octanol–water partition coefficient (Wildman–Crippen LogP) is 4.03. The van der Waals surface area contributed by atoms with Crippen LogP contribution in [0.3, 0.4) is 0 Å². The van der Waals surface area contributed by atoms with Crippen molar-refractivity contribution in [1.29, 1.82) is 0 Å². The number of nitrogens with zero attached hydrogens (tertiary/aromatic N) is 1. The molecular formula is C20H23NO2. The molecule has 2 atom stereocenters. The van der Waals surface area contributed by atoms with Crippen LogP contribution in [0.1, 0.15) is 73.1 Å². The average molecular weight is 309 g/mol. The van der Waals surface area contributed by atoms with Crippen LogP contribution in [-0.4, -0.2) is 22.3 Å². The minimum Gasteiger partial charge on any atom is -0.269 e. The Balaban J connectivity index is 1.63. The van der Waals surface area contributed by atoms with E-state index < -0.39 is 0 Å². The fraction of sp³-hybridized carbons (Fsp3) is 0.600. The Morgan fingerprint density at radius 3 is 1.87 bits per heavy atom. The van der Waals surface area contributed by atoms with E-state index in [4.69, 9.17) is 0 Å². The van der Waals surface area contributed by atoms with Gasteiger partial charge in [-0.1, -0.05) is 26.0 Å². The monoisotopic (exact) mass is 309 g/mol. The molecule has 0 saturated heterocycles. The normalized spacial score (nSPS) is 44.1. The minimum atomic E-state index is -0.240. The summed E-state index contributed by atoms with van der Waals surface area (Å²) in [6.45, 7) is 4.76. The average Bonchev–Trinajstić information content (AvgIpc) is 2.68. The molecule has 2 amide bonds. The van der Waals surface area contributed by atoms with Gasteiger partial charge >= 0.3 is 0 Å². The van der Waals surface area contributed by atoms with Crippen molar-refractivity contribution in [3.8, 4) is 0 Å². The van der Waals surface area contributed by atoms with E-state index in [1.807, 2.05) is 12.1 Å². The molecule has 2 unspecified atom stereocenters. The summed E-state index contributed by atoms with van der Waals surface area (Å²) in [6.07, 6.45) is 6.81. The van der Waals surface area contributed by atoms with E-state index in [2.05, 4.69) is 13.8 Å². The zero-order valence-corrected chi connectivity index (χ0v) is 13.9. The molecule has 0 aromatic heterocycles. The molecule has 4 saturated carbocycles. The van der Waals surface area contributed by atoms with Crippen LogP contribution >= 0.6 is 0 Å². The Morgan fingerprint density at radius 1 is 0.870 bits per heavy atom. The molecule has 1 aromatic carbocycles. The number of amides is 2.